The van der Waals surface area contributed by atoms with E-state index in [2.05, 4.69) is 15.9 Å². The molecule has 1 heterocycles. The molecule has 0 bridgehead atoms. The Hall–Kier alpha value is 0.300. The van der Waals surface area contributed by atoms with Crippen molar-refractivity contribution in [3.8, 4) is 0 Å². The summed E-state index contributed by atoms with van der Waals surface area (Å²) in [6, 6.07) is 1.46. The number of halogens is 2. The van der Waals surface area contributed by atoms with Crippen molar-refractivity contribution in [3.05, 3.63) is 14.9 Å². The van der Waals surface area contributed by atoms with Crippen LogP contribution in [0.1, 0.15) is 6.42 Å². The third-order valence-electron chi connectivity index (χ3n) is 2.52. The molecule has 9 heteroatoms. The number of sulfonamides is 1. The van der Waals surface area contributed by atoms with Crippen LogP contribution in [0.2, 0.25) is 5.02 Å². The van der Waals surface area contributed by atoms with Gasteiger partial charge in [0.25, 0.3) is 10.0 Å². The van der Waals surface area contributed by atoms with Crippen LogP contribution < -0.4 is 0 Å². The van der Waals surface area contributed by atoms with Crippen LogP contribution in [0.3, 0.4) is 0 Å². The van der Waals surface area contributed by atoms with Gasteiger partial charge >= 0.3 is 0 Å². The molecule has 0 fully saturated rings. The standard InChI is InChI=1S/C11H17BrClNO4S2/c1-17-6-3-4-14(5-7-18-2)20(15,16)10-8-9(13)11(12)19-10/h8H,3-7H2,1-2H3. The molecule has 0 saturated carbocycles. The first-order valence-corrected chi connectivity index (χ1v) is 9.29. The smallest absolute Gasteiger partial charge is 0.252 e. The van der Waals surface area contributed by atoms with Crippen LogP contribution >= 0.6 is 38.9 Å². The minimum Gasteiger partial charge on any atom is -0.385 e. The molecule has 0 aliphatic rings. The number of hydrogen-bond donors (Lipinski definition) is 0. The van der Waals surface area contributed by atoms with Gasteiger partial charge in [0.1, 0.15) is 4.21 Å². The Morgan fingerprint density at radius 3 is 2.45 bits per heavy atom. The minimum absolute atomic E-state index is 0.225. The molecule has 0 aliphatic heterocycles. The highest BCUT2D eigenvalue weighted by Crippen LogP contribution is 2.35. The third-order valence-corrected chi connectivity index (χ3v) is 7.34. The summed E-state index contributed by atoms with van der Waals surface area (Å²) in [4.78, 5) is 0. The maximum Gasteiger partial charge on any atom is 0.252 e. The second-order valence-corrected chi connectivity index (χ2v) is 8.87. The van der Waals surface area contributed by atoms with Crippen LogP contribution in [-0.4, -0.2) is 53.2 Å². The number of thiophene rings is 1. The van der Waals surface area contributed by atoms with Crippen LogP contribution in [0.5, 0.6) is 0 Å². The van der Waals surface area contributed by atoms with Gasteiger partial charge in [-0.25, -0.2) is 8.42 Å². The summed E-state index contributed by atoms with van der Waals surface area (Å²) in [5.41, 5.74) is 0. The predicted molar refractivity (Wildman–Crippen MR) is 84.2 cm³/mol. The molecule has 116 valence electrons. The lowest BCUT2D eigenvalue weighted by molar-refractivity contribution is 0.164. The van der Waals surface area contributed by atoms with Crippen LogP contribution in [0.4, 0.5) is 0 Å². The summed E-state index contributed by atoms with van der Waals surface area (Å²) in [5.74, 6) is 0. The van der Waals surface area contributed by atoms with Crippen molar-refractivity contribution in [2.45, 2.75) is 10.6 Å². The van der Waals surface area contributed by atoms with E-state index in [4.69, 9.17) is 21.1 Å². The number of rotatable bonds is 9. The van der Waals surface area contributed by atoms with Crippen molar-refractivity contribution in [1.82, 2.24) is 4.31 Å². The SMILES string of the molecule is COCCCN(CCOC)S(=O)(=O)c1cc(Cl)c(Br)s1. The molecule has 1 rings (SSSR count). The van der Waals surface area contributed by atoms with E-state index in [-0.39, 0.29) is 4.21 Å². The second kappa shape index (κ2) is 8.67. The number of nitrogens with zero attached hydrogens (tertiary/aromatic N) is 1. The van der Waals surface area contributed by atoms with Gasteiger partial charge in [-0.05, 0) is 28.4 Å². The summed E-state index contributed by atoms with van der Waals surface area (Å²) in [7, 11) is -0.426. The molecular formula is C11H17BrClNO4S2. The maximum absolute atomic E-state index is 12.6. The van der Waals surface area contributed by atoms with Crippen LogP contribution in [0, 0.1) is 0 Å². The highest BCUT2D eigenvalue weighted by atomic mass is 79.9. The van der Waals surface area contributed by atoms with Crippen molar-refractivity contribution in [3.63, 3.8) is 0 Å². The number of ether oxygens (including phenoxy) is 2. The van der Waals surface area contributed by atoms with Gasteiger partial charge in [-0.2, -0.15) is 4.31 Å². The van der Waals surface area contributed by atoms with Crippen molar-refractivity contribution in [2.24, 2.45) is 0 Å². The summed E-state index contributed by atoms with van der Waals surface area (Å²) in [6.45, 7) is 1.53. The summed E-state index contributed by atoms with van der Waals surface area (Å²) >= 11 is 10.2. The van der Waals surface area contributed by atoms with Crippen molar-refractivity contribution in [2.75, 3.05) is 40.5 Å². The quantitative estimate of drug-likeness (QED) is 0.592. The molecule has 0 N–H and O–H groups in total. The summed E-state index contributed by atoms with van der Waals surface area (Å²) < 4.78 is 37.3. The zero-order valence-corrected chi connectivity index (χ0v) is 15.2. The Morgan fingerprint density at radius 2 is 1.95 bits per heavy atom. The van der Waals surface area contributed by atoms with E-state index < -0.39 is 10.0 Å². The van der Waals surface area contributed by atoms with E-state index in [0.29, 0.717) is 41.5 Å². The molecule has 0 atom stereocenters. The first kappa shape index (κ1) is 18.3. The average Bonchev–Trinajstić information content (AvgIpc) is 2.74. The lowest BCUT2D eigenvalue weighted by Gasteiger charge is -2.20. The zero-order valence-electron chi connectivity index (χ0n) is 11.3. The Morgan fingerprint density at radius 1 is 1.30 bits per heavy atom. The van der Waals surface area contributed by atoms with Crippen LogP contribution in [-0.2, 0) is 19.5 Å². The number of hydrogen-bond acceptors (Lipinski definition) is 5. The molecule has 0 spiro atoms. The van der Waals surface area contributed by atoms with Crippen LogP contribution in [0.15, 0.2) is 14.1 Å². The van der Waals surface area contributed by atoms with Gasteiger partial charge in [0.2, 0.25) is 0 Å². The summed E-state index contributed by atoms with van der Waals surface area (Å²) in [6.07, 6.45) is 0.625. The van der Waals surface area contributed by atoms with Gasteiger partial charge in [0.05, 0.1) is 15.4 Å². The Bertz CT molecular complexity index is 501. The van der Waals surface area contributed by atoms with E-state index in [1.54, 1.807) is 14.2 Å². The molecule has 0 saturated heterocycles. The van der Waals surface area contributed by atoms with E-state index in [1.807, 2.05) is 0 Å². The van der Waals surface area contributed by atoms with Gasteiger partial charge in [0, 0.05) is 33.9 Å². The predicted octanol–water partition coefficient (Wildman–Crippen LogP) is 2.84. The Labute approximate surface area is 137 Å². The number of methoxy groups -OCH3 is 2. The normalized spacial score (nSPS) is 12.2. The zero-order chi connectivity index (χ0) is 15.2. The lowest BCUT2D eigenvalue weighted by Crippen LogP contribution is -2.34. The first-order valence-electron chi connectivity index (χ1n) is 5.86. The molecule has 0 amide bonds. The molecule has 0 unspecified atom stereocenters. The van der Waals surface area contributed by atoms with Crippen molar-refractivity contribution < 1.29 is 17.9 Å². The Kier molecular flexibility index (Phi) is 7.96. The molecule has 0 radical (unpaired) electrons. The van der Waals surface area contributed by atoms with Gasteiger partial charge in [0.15, 0.2) is 0 Å². The average molecular weight is 407 g/mol. The fourth-order valence-corrected chi connectivity index (χ4v) is 5.53. The molecule has 0 aliphatic carbocycles. The molecule has 20 heavy (non-hydrogen) atoms. The fraction of sp³-hybridized carbons (Fsp3) is 0.636. The molecule has 5 nitrogen and oxygen atoms in total. The van der Waals surface area contributed by atoms with Crippen molar-refractivity contribution in [1.29, 1.82) is 0 Å². The molecule has 1 aromatic heterocycles. The first-order chi connectivity index (χ1) is 9.43. The van der Waals surface area contributed by atoms with E-state index >= 15 is 0 Å². The van der Waals surface area contributed by atoms with Gasteiger partial charge in [-0.1, -0.05) is 11.6 Å². The third kappa shape index (κ3) is 4.94. The van der Waals surface area contributed by atoms with Crippen LogP contribution in [0.25, 0.3) is 0 Å². The maximum atomic E-state index is 12.6. The monoisotopic (exact) mass is 405 g/mol. The minimum atomic E-state index is -3.55. The topological polar surface area (TPSA) is 55.8 Å². The van der Waals surface area contributed by atoms with Gasteiger partial charge < -0.3 is 9.47 Å². The van der Waals surface area contributed by atoms with Crippen molar-refractivity contribution >= 4 is 48.9 Å². The molecule has 1 aromatic rings. The lowest BCUT2D eigenvalue weighted by atomic mass is 10.4. The van der Waals surface area contributed by atoms with E-state index in [0.717, 1.165) is 11.3 Å². The largest absolute Gasteiger partial charge is 0.385 e. The van der Waals surface area contributed by atoms with Gasteiger partial charge in [-0.3, -0.25) is 0 Å². The Balaban J connectivity index is 2.91. The highest BCUT2D eigenvalue weighted by molar-refractivity contribution is 9.11. The molecule has 0 aromatic carbocycles. The fourth-order valence-electron chi connectivity index (χ4n) is 1.51. The second-order valence-electron chi connectivity index (χ2n) is 3.93. The van der Waals surface area contributed by atoms with E-state index in [9.17, 15) is 8.42 Å². The summed E-state index contributed by atoms with van der Waals surface area (Å²) in [5, 5.41) is 0.400. The van der Waals surface area contributed by atoms with Gasteiger partial charge in [-0.15, -0.1) is 11.3 Å². The molecular weight excluding hydrogens is 390 g/mol. The highest BCUT2D eigenvalue weighted by Gasteiger charge is 2.26. The van der Waals surface area contributed by atoms with E-state index in [1.165, 1.54) is 10.4 Å².